The molecule has 1 aliphatic heterocycles. The predicted molar refractivity (Wildman–Crippen MR) is 68.6 cm³/mol. The number of amides is 1. The third-order valence-electron chi connectivity index (χ3n) is 2.92. The molecule has 19 heavy (non-hydrogen) atoms. The molecule has 1 aromatic carbocycles. The van der Waals surface area contributed by atoms with Crippen molar-refractivity contribution in [1.29, 1.82) is 0 Å². The standard InChI is InChI=1S/C12H15FN4O2/c1-6-11(17-19-12(6)15-7(2)18)8-3-4-10(16-14)9(13)5-8/h3-6,12,16H,14H2,1-2H3,(H,15,18). The summed E-state index contributed by atoms with van der Waals surface area (Å²) in [6, 6.07) is 4.53. The molecule has 0 saturated carbocycles. The second-order valence-corrected chi connectivity index (χ2v) is 4.33. The normalized spacial score (nSPS) is 21.6. The molecule has 1 aromatic rings. The van der Waals surface area contributed by atoms with Crippen molar-refractivity contribution in [3.05, 3.63) is 29.6 Å². The summed E-state index contributed by atoms with van der Waals surface area (Å²) >= 11 is 0. The van der Waals surface area contributed by atoms with Crippen molar-refractivity contribution in [2.75, 3.05) is 5.43 Å². The predicted octanol–water partition coefficient (Wildman–Crippen LogP) is 0.944. The van der Waals surface area contributed by atoms with E-state index in [-0.39, 0.29) is 17.5 Å². The van der Waals surface area contributed by atoms with E-state index in [9.17, 15) is 9.18 Å². The first kappa shape index (κ1) is 13.3. The van der Waals surface area contributed by atoms with Crippen LogP contribution in [0.15, 0.2) is 23.4 Å². The SMILES string of the molecule is CC(=O)NC1ON=C(c2ccc(NN)c(F)c2)C1C. The topological polar surface area (TPSA) is 88.7 Å². The van der Waals surface area contributed by atoms with Gasteiger partial charge in [-0.25, -0.2) is 4.39 Å². The zero-order chi connectivity index (χ0) is 14.0. The molecule has 0 bridgehead atoms. The van der Waals surface area contributed by atoms with E-state index < -0.39 is 12.0 Å². The van der Waals surface area contributed by atoms with E-state index in [4.69, 9.17) is 10.7 Å². The van der Waals surface area contributed by atoms with E-state index in [1.807, 2.05) is 6.92 Å². The van der Waals surface area contributed by atoms with E-state index in [1.54, 1.807) is 6.07 Å². The van der Waals surface area contributed by atoms with Crippen LogP contribution in [0.25, 0.3) is 0 Å². The fourth-order valence-electron chi connectivity index (χ4n) is 1.89. The Kier molecular flexibility index (Phi) is 3.66. The molecule has 2 rings (SSSR count). The maximum atomic E-state index is 13.6. The minimum Gasteiger partial charge on any atom is -0.370 e. The van der Waals surface area contributed by atoms with Crippen molar-refractivity contribution in [2.45, 2.75) is 20.1 Å². The maximum absolute atomic E-state index is 13.6. The van der Waals surface area contributed by atoms with Gasteiger partial charge in [0, 0.05) is 12.5 Å². The summed E-state index contributed by atoms with van der Waals surface area (Å²) in [5.41, 5.74) is 3.64. The molecule has 1 amide bonds. The van der Waals surface area contributed by atoms with Gasteiger partial charge in [0.05, 0.1) is 17.3 Å². The summed E-state index contributed by atoms with van der Waals surface area (Å²) in [7, 11) is 0. The molecule has 0 aromatic heterocycles. The number of hydrogen-bond donors (Lipinski definition) is 3. The number of nitrogens with two attached hydrogens (primary N) is 1. The number of anilines is 1. The van der Waals surface area contributed by atoms with Crippen LogP contribution in [0.2, 0.25) is 0 Å². The molecule has 2 atom stereocenters. The fourth-order valence-corrected chi connectivity index (χ4v) is 1.89. The third kappa shape index (κ3) is 2.65. The molecule has 7 heteroatoms. The summed E-state index contributed by atoms with van der Waals surface area (Å²) in [6.07, 6.45) is -0.525. The molecule has 0 spiro atoms. The van der Waals surface area contributed by atoms with Crippen molar-refractivity contribution in [3.63, 3.8) is 0 Å². The minimum absolute atomic E-state index is 0.167. The van der Waals surface area contributed by atoms with Gasteiger partial charge in [0.1, 0.15) is 5.82 Å². The molecule has 0 saturated heterocycles. The Hall–Kier alpha value is -2.15. The molecule has 2 unspecified atom stereocenters. The number of benzene rings is 1. The number of hydrogen-bond acceptors (Lipinski definition) is 5. The van der Waals surface area contributed by atoms with Gasteiger partial charge in [-0.2, -0.15) is 0 Å². The lowest BCUT2D eigenvalue weighted by atomic mass is 9.97. The Bertz CT molecular complexity index is 532. The Balaban J connectivity index is 2.19. The van der Waals surface area contributed by atoms with Crippen LogP contribution in [0, 0.1) is 11.7 Å². The molecular formula is C12H15FN4O2. The average molecular weight is 266 g/mol. The van der Waals surface area contributed by atoms with E-state index >= 15 is 0 Å². The zero-order valence-corrected chi connectivity index (χ0v) is 10.6. The fraction of sp³-hybridized carbons (Fsp3) is 0.333. The van der Waals surface area contributed by atoms with Gasteiger partial charge in [-0.1, -0.05) is 18.1 Å². The maximum Gasteiger partial charge on any atom is 0.219 e. The summed E-state index contributed by atoms with van der Waals surface area (Å²) in [5, 5.41) is 6.53. The summed E-state index contributed by atoms with van der Waals surface area (Å²) in [6.45, 7) is 3.24. The van der Waals surface area contributed by atoms with Crippen LogP contribution in [0.1, 0.15) is 19.4 Å². The van der Waals surface area contributed by atoms with Gasteiger partial charge in [-0.15, -0.1) is 0 Å². The average Bonchev–Trinajstić information content (AvgIpc) is 2.70. The molecular weight excluding hydrogens is 251 g/mol. The van der Waals surface area contributed by atoms with Crippen LogP contribution < -0.4 is 16.6 Å². The smallest absolute Gasteiger partial charge is 0.219 e. The summed E-state index contributed by atoms with van der Waals surface area (Å²) in [5.74, 6) is 4.32. The van der Waals surface area contributed by atoms with E-state index in [2.05, 4.69) is 15.9 Å². The quantitative estimate of drug-likeness (QED) is 0.561. The van der Waals surface area contributed by atoms with Crippen LogP contribution in [-0.2, 0) is 9.63 Å². The number of nitrogens with one attached hydrogen (secondary N) is 2. The number of nitrogen functional groups attached to an aromatic ring is 1. The van der Waals surface area contributed by atoms with Crippen molar-refractivity contribution in [1.82, 2.24) is 5.32 Å². The molecule has 0 fully saturated rings. The first-order chi connectivity index (χ1) is 9.02. The highest BCUT2D eigenvalue weighted by molar-refractivity contribution is 6.03. The molecule has 0 radical (unpaired) electrons. The van der Waals surface area contributed by atoms with Crippen molar-refractivity contribution < 1.29 is 14.0 Å². The van der Waals surface area contributed by atoms with Gasteiger partial charge in [0.15, 0.2) is 0 Å². The Labute approximate surface area is 109 Å². The lowest BCUT2D eigenvalue weighted by Crippen LogP contribution is -2.38. The largest absolute Gasteiger partial charge is 0.370 e. The molecule has 1 aliphatic rings. The van der Waals surface area contributed by atoms with Crippen LogP contribution in [0.4, 0.5) is 10.1 Å². The van der Waals surface area contributed by atoms with E-state index in [0.717, 1.165) is 0 Å². The number of hydrazine groups is 1. The van der Waals surface area contributed by atoms with Gasteiger partial charge >= 0.3 is 0 Å². The highest BCUT2D eigenvalue weighted by atomic mass is 19.1. The number of nitrogens with zero attached hydrogens (tertiary/aromatic N) is 1. The highest BCUT2D eigenvalue weighted by Crippen LogP contribution is 2.24. The lowest BCUT2D eigenvalue weighted by molar-refractivity contribution is -0.123. The lowest BCUT2D eigenvalue weighted by Gasteiger charge is -2.15. The number of carbonyl (C=O) groups excluding carboxylic acids is 1. The molecule has 1 heterocycles. The van der Waals surface area contributed by atoms with Gasteiger partial charge in [-0.3, -0.25) is 10.6 Å². The van der Waals surface area contributed by atoms with Gasteiger partial charge < -0.3 is 15.6 Å². The Morgan fingerprint density at radius 2 is 2.26 bits per heavy atom. The van der Waals surface area contributed by atoms with Gasteiger partial charge in [0.25, 0.3) is 0 Å². The van der Waals surface area contributed by atoms with Crippen LogP contribution >= 0.6 is 0 Å². The van der Waals surface area contributed by atoms with Crippen molar-refractivity contribution >= 4 is 17.3 Å². The Morgan fingerprint density at radius 1 is 1.53 bits per heavy atom. The molecule has 4 N–H and O–H groups in total. The first-order valence-corrected chi connectivity index (χ1v) is 5.80. The number of rotatable bonds is 3. The summed E-state index contributed by atoms with van der Waals surface area (Å²) < 4.78 is 13.6. The summed E-state index contributed by atoms with van der Waals surface area (Å²) in [4.78, 5) is 16.1. The molecule has 102 valence electrons. The zero-order valence-electron chi connectivity index (χ0n) is 10.6. The number of halogens is 1. The number of oxime groups is 1. The van der Waals surface area contributed by atoms with Crippen LogP contribution in [-0.4, -0.2) is 17.8 Å². The highest BCUT2D eigenvalue weighted by Gasteiger charge is 2.32. The van der Waals surface area contributed by atoms with E-state index in [1.165, 1.54) is 19.1 Å². The van der Waals surface area contributed by atoms with Gasteiger partial charge in [-0.05, 0) is 12.1 Å². The molecule has 6 nitrogen and oxygen atoms in total. The Morgan fingerprint density at radius 3 is 2.84 bits per heavy atom. The first-order valence-electron chi connectivity index (χ1n) is 5.80. The van der Waals surface area contributed by atoms with E-state index in [0.29, 0.717) is 11.3 Å². The van der Waals surface area contributed by atoms with Crippen molar-refractivity contribution in [3.8, 4) is 0 Å². The minimum atomic E-state index is -0.525. The van der Waals surface area contributed by atoms with Gasteiger partial charge in [0.2, 0.25) is 12.1 Å². The number of carbonyl (C=O) groups is 1. The van der Waals surface area contributed by atoms with Crippen molar-refractivity contribution in [2.24, 2.45) is 16.9 Å². The second kappa shape index (κ2) is 5.23. The van der Waals surface area contributed by atoms with Crippen LogP contribution in [0.5, 0.6) is 0 Å². The third-order valence-corrected chi connectivity index (χ3v) is 2.92. The molecule has 0 aliphatic carbocycles. The monoisotopic (exact) mass is 266 g/mol. The second-order valence-electron chi connectivity index (χ2n) is 4.33. The van der Waals surface area contributed by atoms with Crippen LogP contribution in [0.3, 0.4) is 0 Å².